The zero-order valence-corrected chi connectivity index (χ0v) is 11.4. The molecular weight excluding hydrogens is 307 g/mol. The number of rotatable bonds is 4. The van der Waals surface area contributed by atoms with E-state index in [0.29, 0.717) is 15.7 Å². The van der Waals surface area contributed by atoms with Crippen LogP contribution in [0.5, 0.6) is 0 Å². The molecule has 1 aromatic heterocycles. The fourth-order valence-electron chi connectivity index (χ4n) is 1.42. The summed E-state index contributed by atoms with van der Waals surface area (Å²) in [6.07, 6.45) is 1.15. The number of aromatic nitrogens is 3. The number of anilines is 1. The number of benzene rings is 1. The molecule has 20 heavy (non-hydrogen) atoms. The van der Waals surface area contributed by atoms with Crippen molar-refractivity contribution in [3.05, 3.63) is 40.1 Å². The quantitative estimate of drug-likeness (QED) is 0.898. The van der Waals surface area contributed by atoms with Gasteiger partial charge in [0.05, 0.1) is 21.9 Å². The molecule has 0 atom stereocenters. The monoisotopic (exact) mass is 314 g/mol. The third-order valence-electron chi connectivity index (χ3n) is 2.29. The van der Waals surface area contributed by atoms with E-state index in [1.165, 1.54) is 0 Å². The molecule has 0 aliphatic carbocycles. The van der Waals surface area contributed by atoms with Crippen molar-refractivity contribution < 1.29 is 14.7 Å². The fourth-order valence-corrected chi connectivity index (χ4v) is 1.91. The number of carbonyl (C=O) groups is 2. The molecule has 2 aromatic rings. The smallest absolute Gasteiger partial charge is 0.358 e. The molecule has 2 rings (SSSR count). The molecule has 0 bridgehead atoms. The summed E-state index contributed by atoms with van der Waals surface area (Å²) in [5.41, 5.74) is 0.0491. The second kappa shape index (κ2) is 5.89. The number of halogens is 2. The lowest BCUT2D eigenvalue weighted by Crippen LogP contribution is -2.19. The Morgan fingerprint density at radius 2 is 1.95 bits per heavy atom. The van der Waals surface area contributed by atoms with E-state index in [0.717, 1.165) is 10.9 Å². The lowest BCUT2D eigenvalue weighted by Gasteiger charge is -2.08. The first-order valence-corrected chi connectivity index (χ1v) is 6.10. The van der Waals surface area contributed by atoms with Crippen LogP contribution >= 0.6 is 23.2 Å². The number of aromatic carboxylic acids is 1. The molecule has 0 spiro atoms. The third-order valence-corrected chi connectivity index (χ3v) is 2.92. The summed E-state index contributed by atoms with van der Waals surface area (Å²) >= 11 is 11.8. The predicted octanol–water partition coefficient (Wildman–Crippen LogP) is 1.92. The predicted molar refractivity (Wildman–Crippen MR) is 72.1 cm³/mol. The molecule has 9 heteroatoms. The number of carbonyl (C=O) groups excluding carboxylic acids is 1. The number of carboxylic acid groups (broad SMARTS) is 1. The summed E-state index contributed by atoms with van der Waals surface area (Å²) in [5.74, 6) is -1.67. The minimum atomic E-state index is -1.22. The lowest BCUT2D eigenvalue weighted by molar-refractivity contribution is -0.116. The zero-order valence-electron chi connectivity index (χ0n) is 9.88. The molecule has 0 unspecified atom stereocenters. The molecule has 1 aromatic carbocycles. The maximum atomic E-state index is 11.8. The molecule has 1 amide bonds. The van der Waals surface area contributed by atoms with E-state index in [1.54, 1.807) is 18.2 Å². The Balaban J connectivity index is 2.07. The highest BCUT2D eigenvalue weighted by Crippen LogP contribution is 2.29. The van der Waals surface area contributed by atoms with Crippen LogP contribution in [0.2, 0.25) is 10.0 Å². The van der Waals surface area contributed by atoms with Crippen LogP contribution in [0.25, 0.3) is 0 Å². The van der Waals surface area contributed by atoms with Crippen LogP contribution in [0.4, 0.5) is 5.69 Å². The number of amides is 1. The Morgan fingerprint density at radius 1 is 1.30 bits per heavy atom. The number of hydrogen-bond donors (Lipinski definition) is 2. The van der Waals surface area contributed by atoms with Crippen LogP contribution < -0.4 is 5.32 Å². The molecule has 1 heterocycles. The Kier molecular flexibility index (Phi) is 4.21. The second-order valence-corrected chi connectivity index (χ2v) is 4.57. The van der Waals surface area contributed by atoms with E-state index >= 15 is 0 Å². The maximum Gasteiger partial charge on any atom is 0.358 e. The first-order valence-electron chi connectivity index (χ1n) is 5.34. The van der Waals surface area contributed by atoms with Gasteiger partial charge in [0, 0.05) is 0 Å². The highest BCUT2D eigenvalue weighted by molar-refractivity contribution is 6.39. The second-order valence-electron chi connectivity index (χ2n) is 3.75. The van der Waals surface area contributed by atoms with Crippen molar-refractivity contribution in [1.29, 1.82) is 0 Å². The topological polar surface area (TPSA) is 97.1 Å². The van der Waals surface area contributed by atoms with Gasteiger partial charge in [-0.15, -0.1) is 5.10 Å². The van der Waals surface area contributed by atoms with E-state index in [1.807, 2.05) is 0 Å². The van der Waals surface area contributed by atoms with Crippen LogP contribution in [-0.2, 0) is 11.3 Å². The van der Waals surface area contributed by atoms with Gasteiger partial charge in [0.1, 0.15) is 6.54 Å². The summed E-state index contributed by atoms with van der Waals surface area (Å²) < 4.78 is 1.10. The number of nitrogens with one attached hydrogen (secondary N) is 1. The summed E-state index contributed by atoms with van der Waals surface area (Å²) in [4.78, 5) is 22.4. The summed E-state index contributed by atoms with van der Waals surface area (Å²) in [7, 11) is 0. The van der Waals surface area contributed by atoms with Crippen molar-refractivity contribution >= 4 is 40.8 Å². The van der Waals surface area contributed by atoms with Crippen molar-refractivity contribution in [1.82, 2.24) is 15.0 Å². The van der Waals surface area contributed by atoms with Crippen molar-refractivity contribution in [2.75, 3.05) is 5.32 Å². The van der Waals surface area contributed by atoms with Gasteiger partial charge in [0.15, 0.2) is 5.69 Å². The summed E-state index contributed by atoms with van der Waals surface area (Å²) in [5, 5.41) is 18.7. The van der Waals surface area contributed by atoms with Crippen LogP contribution in [-0.4, -0.2) is 32.0 Å². The van der Waals surface area contributed by atoms with E-state index in [4.69, 9.17) is 28.3 Å². The van der Waals surface area contributed by atoms with E-state index in [2.05, 4.69) is 15.6 Å². The van der Waals surface area contributed by atoms with Crippen LogP contribution in [0.1, 0.15) is 10.5 Å². The molecular formula is C11H8Cl2N4O3. The average molecular weight is 315 g/mol. The van der Waals surface area contributed by atoms with Gasteiger partial charge in [0.2, 0.25) is 5.91 Å². The lowest BCUT2D eigenvalue weighted by atomic mass is 10.3. The van der Waals surface area contributed by atoms with E-state index in [-0.39, 0.29) is 12.2 Å². The van der Waals surface area contributed by atoms with Gasteiger partial charge in [-0.1, -0.05) is 34.5 Å². The molecule has 0 aliphatic rings. The average Bonchev–Trinajstić information content (AvgIpc) is 2.82. The normalized spacial score (nSPS) is 10.3. The molecule has 104 valence electrons. The zero-order chi connectivity index (χ0) is 14.7. The standard InChI is InChI=1S/C11H8Cl2N4O3/c12-6-2-1-3-7(13)10(6)14-9(18)5-17-4-8(11(19)20)15-16-17/h1-4H,5H2,(H,14,18)(H,19,20). The Morgan fingerprint density at radius 3 is 2.50 bits per heavy atom. The van der Waals surface area contributed by atoms with Gasteiger partial charge in [-0.25, -0.2) is 9.48 Å². The highest BCUT2D eigenvalue weighted by Gasteiger charge is 2.13. The van der Waals surface area contributed by atoms with Gasteiger partial charge in [0.25, 0.3) is 0 Å². The first-order chi connectivity index (χ1) is 9.47. The SMILES string of the molecule is O=C(Cn1cc(C(=O)O)nn1)Nc1c(Cl)cccc1Cl. The number of carboxylic acids is 1. The van der Waals surface area contributed by atoms with Gasteiger partial charge < -0.3 is 10.4 Å². The third kappa shape index (κ3) is 3.25. The minimum Gasteiger partial charge on any atom is -0.476 e. The first kappa shape index (κ1) is 14.3. The Hall–Kier alpha value is -2.12. The summed E-state index contributed by atoms with van der Waals surface area (Å²) in [6.45, 7) is -0.207. The van der Waals surface area contributed by atoms with Crippen molar-refractivity contribution in [3.8, 4) is 0 Å². The van der Waals surface area contributed by atoms with Gasteiger partial charge in [-0.2, -0.15) is 0 Å². The van der Waals surface area contributed by atoms with Crippen LogP contribution in [0, 0.1) is 0 Å². The fraction of sp³-hybridized carbons (Fsp3) is 0.0909. The Labute approximate surface area is 123 Å². The molecule has 0 saturated heterocycles. The minimum absolute atomic E-state index is 0.207. The van der Waals surface area contributed by atoms with Gasteiger partial charge in [-0.3, -0.25) is 4.79 Å². The summed E-state index contributed by atoms with van der Waals surface area (Å²) in [6, 6.07) is 4.82. The maximum absolute atomic E-state index is 11.8. The van der Waals surface area contributed by atoms with Crippen molar-refractivity contribution in [2.24, 2.45) is 0 Å². The van der Waals surface area contributed by atoms with Crippen molar-refractivity contribution in [2.45, 2.75) is 6.54 Å². The number of hydrogen-bond acceptors (Lipinski definition) is 4. The molecule has 7 nitrogen and oxygen atoms in total. The number of nitrogens with zero attached hydrogens (tertiary/aromatic N) is 3. The van der Waals surface area contributed by atoms with E-state index in [9.17, 15) is 9.59 Å². The van der Waals surface area contributed by atoms with Crippen LogP contribution in [0.15, 0.2) is 24.4 Å². The molecule has 0 radical (unpaired) electrons. The molecule has 0 saturated carbocycles. The molecule has 0 aliphatic heterocycles. The molecule has 0 fully saturated rings. The van der Waals surface area contributed by atoms with Crippen molar-refractivity contribution in [3.63, 3.8) is 0 Å². The van der Waals surface area contributed by atoms with E-state index < -0.39 is 11.9 Å². The number of para-hydroxylation sites is 1. The van der Waals surface area contributed by atoms with Gasteiger partial charge in [-0.05, 0) is 12.1 Å². The largest absolute Gasteiger partial charge is 0.476 e. The van der Waals surface area contributed by atoms with Crippen LogP contribution in [0.3, 0.4) is 0 Å². The van der Waals surface area contributed by atoms with Gasteiger partial charge >= 0.3 is 5.97 Å². The molecule has 2 N–H and O–H groups in total. The highest BCUT2D eigenvalue weighted by atomic mass is 35.5. The Bertz CT molecular complexity index is 651.